The number of aliphatic carboxylic acids is 1. The number of hydrogen-bond acceptors (Lipinski definition) is 3. The van der Waals surface area contributed by atoms with Crippen molar-refractivity contribution in [3.63, 3.8) is 0 Å². The van der Waals surface area contributed by atoms with Crippen LogP contribution in [0.4, 0.5) is 0 Å². The van der Waals surface area contributed by atoms with Crippen LogP contribution < -0.4 is 10.6 Å². The lowest BCUT2D eigenvalue weighted by molar-refractivity contribution is -0.136. The molecule has 2 fully saturated rings. The Hall–Kier alpha value is -1.10. The fourth-order valence-electron chi connectivity index (χ4n) is 2.98. The molecule has 1 amide bonds. The average Bonchev–Trinajstić information content (AvgIpc) is 2.57. The fraction of sp³-hybridized carbons (Fsp3) is 0.833. The molecule has 0 radical (unpaired) electrons. The van der Waals surface area contributed by atoms with Gasteiger partial charge in [-0.1, -0.05) is 0 Å². The second-order valence-corrected chi connectivity index (χ2v) is 5.17. The number of carboxylic acids is 1. The van der Waals surface area contributed by atoms with Crippen LogP contribution in [-0.4, -0.2) is 35.6 Å². The summed E-state index contributed by atoms with van der Waals surface area (Å²) in [7, 11) is 0. The summed E-state index contributed by atoms with van der Waals surface area (Å²) in [5.41, 5.74) is 0. The fourth-order valence-corrected chi connectivity index (χ4v) is 2.98. The van der Waals surface area contributed by atoms with Gasteiger partial charge < -0.3 is 15.7 Å². The molecule has 2 unspecified atom stereocenters. The van der Waals surface area contributed by atoms with E-state index in [2.05, 4.69) is 10.6 Å². The van der Waals surface area contributed by atoms with Crippen molar-refractivity contribution in [3.05, 3.63) is 0 Å². The molecule has 2 atom stereocenters. The van der Waals surface area contributed by atoms with E-state index < -0.39 is 5.97 Å². The molecule has 0 aromatic rings. The molecule has 2 aliphatic heterocycles. The molecule has 0 aromatic heterocycles. The van der Waals surface area contributed by atoms with Crippen LogP contribution in [0.3, 0.4) is 0 Å². The number of rotatable bonds is 5. The summed E-state index contributed by atoms with van der Waals surface area (Å²) in [6.45, 7) is 0.242. The van der Waals surface area contributed by atoms with Crippen molar-refractivity contribution in [3.8, 4) is 0 Å². The topological polar surface area (TPSA) is 78.4 Å². The Labute approximate surface area is 101 Å². The molecule has 17 heavy (non-hydrogen) atoms. The summed E-state index contributed by atoms with van der Waals surface area (Å²) in [4.78, 5) is 21.9. The van der Waals surface area contributed by atoms with E-state index >= 15 is 0 Å². The highest BCUT2D eigenvalue weighted by Crippen LogP contribution is 2.32. The number of carbonyl (C=O) groups is 2. The van der Waals surface area contributed by atoms with Crippen molar-refractivity contribution in [1.29, 1.82) is 0 Å². The van der Waals surface area contributed by atoms with Gasteiger partial charge in [0, 0.05) is 25.0 Å². The lowest BCUT2D eigenvalue weighted by Gasteiger charge is -2.28. The van der Waals surface area contributed by atoms with Crippen LogP contribution in [0.25, 0.3) is 0 Å². The van der Waals surface area contributed by atoms with E-state index in [0.717, 1.165) is 12.8 Å². The number of amides is 1. The maximum absolute atomic E-state index is 11.6. The Morgan fingerprint density at radius 1 is 1.24 bits per heavy atom. The number of hydrogen-bond donors (Lipinski definition) is 3. The maximum atomic E-state index is 11.6. The zero-order chi connectivity index (χ0) is 12.3. The van der Waals surface area contributed by atoms with Crippen molar-refractivity contribution in [2.24, 2.45) is 5.92 Å². The number of carboxylic acid groups (broad SMARTS) is 1. The first-order valence-electron chi connectivity index (χ1n) is 6.38. The smallest absolute Gasteiger partial charge is 0.305 e. The van der Waals surface area contributed by atoms with Crippen LogP contribution in [0.2, 0.25) is 0 Å². The standard InChI is InChI=1S/C12H20N2O3/c15-11(13-4-3-12(16)17)7-8-5-9-1-2-10(6-8)14-9/h8-10,14H,1-7H2,(H,13,15)(H,16,17). The largest absolute Gasteiger partial charge is 0.481 e. The Morgan fingerprint density at radius 2 is 1.88 bits per heavy atom. The lowest BCUT2D eigenvalue weighted by Crippen LogP contribution is -2.39. The zero-order valence-corrected chi connectivity index (χ0v) is 9.95. The van der Waals surface area contributed by atoms with Crippen molar-refractivity contribution in [1.82, 2.24) is 10.6 Å². The van der Waals surface area contributed by atoms with Crippen LogP contribution in [0.1, 0.15) is 38.5 Å². The van der Waals surface area contributed by atoms with Gasteiger partial charge in [-0.15, -0.1) is 0 Å². The first-order valence-corrected chi connectivity index (χ1v) is 6.38. The Balaban J connectivity index is 1.66. The van der Waals surface area contributed by atoms with Crippen molar-refractivity contribution in [2.75, 3.05) is 6.54 Å². The highest BCUT2D eigenvalue weighted by molar-refractivity contribution is 5.77. The minimum absolute atomic E-state index is 0.00227. The van der Waals surface area contributed by atoms with E-state index in [0.29, 0.717) is 24.4 Å². The SMILES string of the molecule is O=C(O)CCNC(=O)CC1CC2CCC(C1)N2. The van der Waals surface area contributed by atoms with Crippen LogP contribution in [-0.2, 0) is 9.59 Å². The van der Waals surface area contributed by atoms with Gasteiger partial charge in [-0.05, 0) is 31.6 Å². The van der Waals surface area contributed by atoms with E-state index in [4.69, 9.17) is 5.11 Å². The number of piperidine rings is 1. The van der Waals surface area contributed by atoms with Gasteiger partial charge in [0.1, 0.15) is 0 Å². The number of carbonyl (C=O) groups excluding carboxylic acids is 1. The van der Waals surface area contributed by atoms with E-state index in [9.17, 15) is 9.59 Å². The summed E-state index contributed by atoms with van der Waals surface area (Å²) in [5, 5.41) is 14.7. The lowest BCUT2D eigenvalue weighted by atomic mass is 9.89. The first kappa shape index (κ1) is 12.4. The zero-order valence-electron chi connectivity index (χ0n) is 9.95. The molecule has 3 N–H and O–H groups in total. The molecule has 2 aliphatic rings. The van der Waals surface area contributed by atoms with Crippen molar-refractivity contribution >= 4 is 11.9 Å². The van der Waals surface area contributed by atoms with Crippen LogP contribution in [0.15, 0.2) is 0 Å². The summed E-state index contributed by atoms with van der Waals surface area (Å²) in [6.07, 6.45) is 5.20. The Morgan fingerprint density at radius 3 is 2.47 bits per heavy atom. The van der Waals surface area contributed by atoms with Gasteiger partial charge >= 0.3 is 5.97 Å². The third-order valence-electron chi connectivity index (χ3n) is 3.71. The molecular formula is C12H20N2O3. The van der Waals surface area contributed by atoms with E-state index in [1.54, 1.807) is 0 Å². The van der Waals surface area contributed by atoms with Crippen LogP contribution in [0, 0.1) is 5.92 Å². The first-order chi connectivity index (χ1) is 8.13. The quantitative estimate of drug-likeness (QED) is 0.654. The molecule has 2 heterocycles. The average molecular weight is 240 g/mol. The summed E-state index contributed by atoms with van der Waals surface area (Å²) in [5.74, 6) is -0.402. The molecule has 5 heteroatoms. The molecule has 2 rings (SSSR count). The molecule has 0 saturated carbocycles. The molecule has 2 saturated heterocycles. The molecule has 0 aromatic carbocycles. The van der Waals surface area contributed by atoms with Crippen molar-refractivity contribution < 1.29 is 14.7 Å². The minimum atomic E-state index is -0.870. The van der Waals surface area contributed by atoms with E-state index in [1.807, 2.05) is 0 Å². The molecular weight excluding hydrogens is 220 g/mol. The molecule has 0 aliphatic carbocycles. The van der Waals surface area contributed by atoms with Gasteiger partial charge in [-0.25, -0.2) is 0 Å². The van der Waals surface area contributed by atoms with E-state index in [1.165, 1.54) is 12.8 Å². The highest BCUT2D eigenvalue weighted by atomic mass is 16.4. The summed E-state index contributed by atoms with van der Waals surface area (Å²) in [6, 6.07) is 1.20. The summed E-state index contributed by atoms with van der Waals surface area (Å²) >= 11 is 0. The molecule has 96 valence electrons. The summed E-state index contributed by atoms with van der Waals surface area (Å²) < 4.78 is 0. The number of fused-ring (bicyclic) bond motifs is 2. The van der Waals surface area contributed by atoms with Crippen LogP contribution in [0.5, 0.6) is 0 Å². The van der Waals surface area contributed by atoms with Crippen molar-refractivity contribution in [2.45, 2.75) is 50.6 Å². The third kappa shape index (κ3) is 3.70. The Kier molecular flexibility index (Phi) is 3.99. The van der Waals surface area contributed by atoms with Gasteiger partial charge in [0.2, 0.25) is 5.91 Å². The van der Waals surface area contributed by atoms with Gasteiger partial charge in [-0.3, -0.25) is 9.59 Å². The monoisotopic (exact) mass is 240 g/mol. The maximum Gasteiger partial charge on any atom is 0.305 e. The Bertz CT molecular complexity index is 294. The molecule has 2 bridgehead atoms. The predicted molar refractivity (Wildman–Crippen MR) is 62.5 cm³/mol. The minimum Gasteiger partial charge on any atom is -0.481 e. The third-order valence-corrected chi connectivity index (χ3v) is 3.71. The molecule has 0 spiro atoms. The second-order valence-electron chi connectivity index (χ2n) is 5.17. The molecule has 5 nitrogen and oxygen atoms in total. The number of nitrogens with one attached hydrogen (secondary N) is 2. The van der Waals surface area contributed by atoms with Gasteiger partial charge in [0.05, 0.1) is 6.42 Å². The normalized spacial score (nSPS) is 31.2. The van der Waals surface area contributed by atoms with Gasteiger partial charge in [0.15, 0.2) is 0 Å². The van der Waals surface area contributed by atoms with Crippen LogP contribution >= 0.6 is 0 Å². The van der Waals surface area contributed by atoms with E-state index in [-0.39, 0.29) is 18.9 Å². The van der Waals surface area contributed by atoms with Gasteiger partial charge in [-0.2, -0.15) is 0 Å². The second kappa shape index (κ2) is 5.49. The highest BCUT2D eigenvalue weighted by Gasteiger charge is 2.33. The van der Waals surface area contributed by atoms with Gasteiger partial charge in [0.25, 0.3) is 0 Å². The predicted octanol–water partition coefficient (Wildman–Crippen LogP) is 0.498.